The molecule has 0 radical (unpaired) electrons. The molecule has 0 unspecified atom stereocenters. The first kappa shape index (κ1) is 19.2. The molecule has 0 aromatic heterocycles. The number of nitrogens with zero attached hydrogens (tertiary/aromatic N) is 1. The number of hydrogen-bond donors (Lipinski definition) is 2. The molecular formula is C21H24ClN3O2. The first-order valence-electron chi connectivity index (χ1n) is 9.17. The Kier molecular flexibility index (Phi) is 6.35. The highest BCUT2D eigenvalue weighted by Crippen LogP contribution is 2.22. The Morgan fingerprint density at radius 1 is 0.963 bits per heavy atom. The van der Waals surface area contributed by atoms with Crippen LogP contribution in [0.1, 0.15) is 24.8 Å². The fourth-order valence-electron chi connectivity index (χ4n) is 3.19. The van der Waals surface area contributed by atoms with E-state index >= 15 is 0 Å². The Labute approximate surface area is 164 Å². The lowest BCUT2D eigenvalue weighted by atomic mass is 9.93. The highest BCUT2D eigenvalue weighted by Gasteiger charge is 2.24. The van der Waals surface area contributed by atoms with Crippen molar-refractivity contribution in [2.75, 3.05) is 23.7 Å². The number of piperidine rings is 1. The molecule has 3 rings (SSSR count). The second kappa shape index (κ2) is 8.91. The number of amides is 3. The fourth-order valence-corrected chi connectivity index (χ4v) is 3.31. The minimum atomic E-state index is -0.0806. The van der Waals surface area contributed by atoms with Gasteiger partial charge in [-0.05, 0) is 62.1 Å². The average Bonchev–Trinajstić information content (AvgIpc) is 2.66. The number of likely N-dealkylation sites (tertiary alicyclic amines) is 1. The number of carbonyl (C=O) groups is 2. The highest BCUT2D eigenvalue weighted by atomic mass is 35.5. The van der Waals surface area contributed by atoms with Gasteiger partial charge in [0.2, 0.25) is 5.91 Å². The molecule has 3 amide bonds. The van der Waals surface area contributed by atoms with E-state index in [4.69, 9.17) is 11.6 Å². The number of rotatable bonds is 4. The molecule has 1 aliphatic rings. The Bertz CT molecular complexity index is 782. The molecule has 1 fully saturated rings. The molecule has 1 heterocycles. The largest absolute Gasteiger partial charge is 0.326 e. The smallest absolute Gasteiger partial charge is 0.321 e. The van der Waals surface area contributed by atoms with Crippen LogP contribution in [0.2, 0.25) is 5.02 Å². The standard InChI is InChI=1S/C21H24ClN3O2/c1-15-2-6-19(7-3-15)24-21(27)25-12-10-16(11-13-25)14-20(26)23-18-8-4-17(22)5-9-18/h2-9,16H,10-14H2,1H3,(H,23,26)(H,24,27). The van der Waals surface area contributed by atoms with E-state index < -0.39 is 0 Å². The molecule has 1 saturated heterocycles. The lowest BCUT2D eigenvalue weighted by Crippen LogP contribution is -2.41. The van der Waals surface area contributed by atoms with Crippen LogP contribution in [0.15, 0.2) is 48.5 Å². The van der Waals surface area contributed by atoms with Gasteiger partial charge in [-0.2, -0.15) is 0 Å². The molecule has 2 aromatic carbocycles. The van der Waals surface area contributed by atoms with Crippen LogP contribution in [0.5, 0.6) is 0 Å². The van der Waals surface area contributed by atoms with Gasteiger partial charge in [0, 0.05) is 35.9 Å². The first-order valence-corrected chi connectivity index (χ1v) is 9.55. The third-order valence-electron chi connectivity index (χ3n) is 4.81. The Hall–Kier alpha value is -2.53. The predicted molar refractivity (Wildman–Crippen MR) is 109 cm³/mol. The van der Waals surface area contributed by atoms with Crippen molar-refractivity contribution >= 4 is 34.9 Å². The van der Waals surface area contributed by atoms with Crippen LogP contribution in [0.4, 0.5) is 16.2 Å². The van der Waals surface area contributed by atoms with Crippen LogP contribution < -0.4 is 10.6 Å². The zero-order valence-corrected chi connectivity index (χ0v) is 16.1. The summed E-state index contributed by atoms with van der Waals surface area (Å²) in [7, 11) is 0. The number of urea groups is 1. The van der Waals surface area contributed by atoms with Gasteiger partial charge in [0.15, 0.2) is 0 Å². The van der Waals surface area contributed by atoms with Gasteiger partial charge in [-0.25, -0.2) is 4.79 Å². The van der Waals surface area contributed by atoms with Crippen LogP contribution in [0.3, 0.4) is 0 Å². The van der Waals surface area contributed by atoms with Gasteiger partial charge in [-0.3, -0.25) is 4.79 Å². The van der Waals surface area contributed by atoms with Crippen molar-refractivity contribution in [3.05, 3.63) is 59.1 Å². The maximum absolute atomic E-state index is 12.4. The maximum Gasteiger partial charge on any atom is 0.321 e. The molecule has 0 aliphatic carbocycles. The second-order valence-corrected chi connectivity index (χ2v) is 7.42. The number of nitrogens with one attached hydrogen (secondary N) is 2. The maximum atomic E-state index is 12.4. The molecule has 0 spiro atoms. The highest BCUT2D eigenvalue weighted by molar-refractivity contribution is 6.30. The van der Waals surface area contributed by atoms with Crippen LogP contribution in [0.25, 0.3) is 0 Å². The minimum Gasteiger partial charge on any atom is -0.326 e. The average molecular weight is 386 g/mol. The van der Waals surface area contributed by atoms with E-state index in [9.17, 15) is 9.59 Å². The monoisotopic (exact) mass is 385 g/mol. The normalized spacial score (nSPS) is 14.7. The van der Waals surface area contributed by atoms with Crippen LogP contribution >= 0.6 is 11.6 Å². The van der Waals surface area contributed by atoms with E-state index in [0.717, 1.165) is 29.8 Å². The summed E-state index contributed by atoms with van der Waals surface area (Å²) in [6.45, 7) is 3.34. The van der Waals surface area contributed by atoms with Gasteiger partial charge in [0.25, 0.3) is 0 Å². The molecule has 27 heavy (non-hydrogen) atoms. The molecular weight excluding hydrogens is 362 g/mol. The van der Waals surface area contributed by atoms with E-state index in [2.05, 4.69) is 10.6 Å². The number of anilines is 2. The topological polar surface area (TPSA) is 61.4 Å². The Morgan fingerprint density at radius 2 is 1.52 bits per heavy atom. The van der Waals surface area contributed by atoms with Crippen molar-refractivity contribution in [2.24, 2.45) is 5.92 Å². The summed E-state index contributed by atoms with van der Waals surface area (Å²) in [6.07, 6.45) is 2.13. The summed E-state index contributed by atoms with van der Waals surface area (Å²) >= 11 is 5.85. The van der Waals surface area contributed by atoms with Crippen molar-refractivity contribution < 1.29 is 9.59 Å². The number of aryl methyl sites for hydroxylation is 1. The molecule has 6 heteroatoms. The van der Waals surface area contributed by atoms with Crippen molar-refractivity contribution in [2.45, 2.75) is 26.2 Å². The van der Waals surface area contributed by atoms with Crippen LogP contribution in [-0.4, -0.2) is 29.9 Å². The van der Waals surface area contributed by atoms with Crippen LogP contribution in [-0.2, 0) is 4.79 Å². The minimum absolute atomic E-state index is 0.000112. The molecule has 0 saturated carbocycles. The van der Waals surface area contributed by atoms with Gasteiger partial charge in [-0.1, -0.05) is 29.3 Å². The predicted octanol–water partition coefficient (Wildman–Crippen LogP) is 4.92. The zero-order valence-electron chi connectivity index (χ0n) is 15.4. The molecule has 5 nitrogen and oxygen atoms in total. The number of carbonyl (C=O) groups excluding carboxylic acids is 2. The Balaban J connectivity index is 1.42. The quantitative estimate of drug-likeness (QED) is 0.784. The van der Waals surface area contributed by atoms with Gasteiger partial charge >= 0.3 is 6.03 Å². The van der Waals surface area contributed by atoms with E-state index in [1.54, 1.807) is 24.3 Å². The third kappa shape index (κ3) is 5.73. The molecule has 2 aromatic rings. The van der Waals surface area contributed by atoms with E-state index in [1.165, 1.54) is 0 Å². The second-order valence-electron chi connectivity index (χ2n) is 6.99. The summed E-state index contributed by atoms with van der Waals surface area (Å²) in [4.78, 5) is 26.4. The molecule has 2 N–H and O–H groups in total. The van der Waals surface area contributed by atoms with E-state index in [-0.39, 0.29) is 11.9 Å². The molecule has 0 bridgehead atoms. The van der Waals surface area contributed by atoms with E-state index in [0.29, 0.717) is 30.5 Å². The van der Waals surface area contributed by atoms with Gasteiger partial charge in [-0.15, -0.1) is 0 Å². The first-order chi connectivity index (χ1) is 13.0. The van der Waals surface area contributed by atoms with Gasteiger partial charge in [0.05, 0.1) is 0 Å². The number of hydrogen-bond acceptors (Lipinski definition) is 2. The van der Waals surface area contributed by atoms with Crippen molar-refractivity contribution in [1.82, 2.24) is 4.90 Å². The molecule has 1 aliphatic heterocycles. The SMILES string of the molecule is Cc1ccc(NC(=O)N2CCC(CC(=O)Nc3ccc(Cl)cc3)CC2)cc1. The Morgan fingerprint density at radius 3 is 2.15 bits per heavy atom. The van der Waals surface area contributed by atoms with Gasteiger partial charge in [0.1, 0.15) is 0 Å². The number of halogens is 1. The fraction of sp³-hybridized carbons (Fsp3) is 0.333. The summed E-state index contributed by atoms with van der Waals surface area (Å²) < 4.78 is 0. The van der Waals surface area contributed by atoms with E-state index in [1.807, 2.05) is 36.1 Å². The summed E-state index contributed by atoms with van der Waals surface area (Å²) in [5, 5.41) is 6.47. The van der Waals surface area contributed by atoms with Crippen molar-refractivity contribution in [3.8, 4) is 0 Å². The molecule has 142 valence electrons. The lowest BCUT2D eigenvalue weighted by Gasteiger charge is -2.31. The van der Waals surface area contributed by atoms with Crippen LogP contribution in [0, 0.1) is 12.8 Å². The number of benzene rings is 2. The lowest BCUT2D eigenvalue weighted by molar-refractivity contribution is -0.117. The third-order valence-corrected chi connectivity index (χ3v) is 5.06. The summed E-state index contributed by atoms with van der Waals surface area (Å²) in [5.74, 6) is 0.292. The molecule has 0 atom stereocenters. The van der Waals surface area contributed by atoms with Gasteiger partial charge < -0.3 is 15.5 Å². The zero-order chi connectivity index (χ0) is 19.2. The summed E-state index contributed by atoms with van der Waals surface area (Å²) in [6, 6.07) is 14.8. The van der Waals surface area contributed by atoms with Crippen molar-refractivity contribution in [3.63, 3.8) is 0 Å². The van der Waals surface area contributed by atoms with Crippen molar-refractivity contribution in [1.29, 1.82) is 0 Å². The summed E-state index contributed by atoms with van der Waals surface area (Å²) in [5.41, 5.74) is 2.71.